The van der Waals surface area contributed by atoms with E-state index in [1.165, 1.54) is 0 Å². The number of pyridine rings is 2. The second-order valence-electron chi connectivity index (χ2n) is 7.43. The van der Waals surface area contributed by atoms with Crippen LogP contribution in [0.2, 0.25) is 0 Å². The Morgan fingerprint density at radius 3 is 1.50 bits per heavy atom. The van der Waals surface area contributed by atoms with Crippen molar-refractivity contribution in [3.8, 4) is 23.0 Å². The van der Waals surface area contributed by atoms with E-state index in [0.717, 1.165) is 60.3 Å². The van der Waals surface area contributed by atoms with Gasteiger partial charge in [-0.05, 0) is 51.0 Å². The first kappa shape index (κ1) is 21.3. The van der Waals surface area contributed by atoms with Crippen LogP contribution in [0.4, 0.5) is 11.6 Å². The normalized spacial score (nSPS) is 10.7. The highest BCUT2D eigenvalue weighted by Gasteiger charge is 2.07. The van der Waals surface area contributed by atoms with Gasteiger partial charge in [0, 0.05) is 49.0 Å². The molecule has 0 saturated carbocycles. The fourth-order valence-corrected chi connectivity index (χ4v) is 3.22. The molecule has 0 amide bonds. The maximum Gasteiger partial charge on any atom is 0.180 e. The van der Waals surface area contributed by atoms with E-state index in [1.54, 1.807) is 12.4 Å². The van der Waals surface area contributed by atoms with Crippen LogP contribution in [0.5, 0.6) is 0 Å². The van der Waals surface area contributed by atoms with Crippen LogP contribution in [-0.2, 0) is 0 Å². The summed E-state index contributed by atoms with van der Waals surface area (Å²) in [7, 11) is 0. The summed E-state index contributed by atoms with van der Waals surface area (Å²) >= 11 is 0. The first-order chi connectivity index (χ1) is 15.7. The molecule has 0 aromatic carbocycles. The molecule has 4 rings (SSSR count). The molecule has 0 aliphatic carbocycles. The number of rotatable bonds is 9. The van der Waals surface area contributed by atoms with E-state index < -0.39 is 0 Å². The zero-order valence-corrected chi connectivity index (χ0v) is 18.3. The van der Waals surface area contributed by atoms with E-state index in [0.29, 0.717) is 11.6 Å². The first-order valence-electron chi connectivity index (χ1n) is 10.7. The Balaban J connectivity index is 1.26. The lowest BCUT2D eigenvalue weighted by Crippen LogP contribution is -2.09. The van der Waals surface area contributed by atoms with Crippen molar-refractivity contribution >= 4 is 11.6 Å². The first-order valence-corrected chi connectivity index (χ1v) is 10.7. The van der Waals surface area contributed by atoms with Crippen molar-refractivity contribution in [1.29, 1.82) is 0 Å². The number of anilines is 2. The summed E-state index contributed by atoms with van der Waals surface area (Å²) in [6.07, 6.45) is 5.48. The smallest absolute Gasteiger partial charge is 0.180 e. The molecule has 4 aromatic rings. The zero-order chi connectivity index (χ0) is 22.2. The standard InChI is InChI=1S/C24H26N8/c1-17-15-21(31-23(29-17)19-9-3-5-11-25-19)27-13-7-8-14-28-22-16-18(2)30-24(32-22)20-10-4-6-12-26-20/h3-6,9-12,15-16H,7-8,13-14H2,1-2H3,(H,27,29,31)(H,28,30,32). The minimum absolute atomic E-state index is 0.637. The Kier molecular flexibility index (Phi) is 6.91. The lowest BCUT2D eigenvalue weighted by atomic mass is 10.3. The molecular formula is C24H26N8. The van der Waals surface area contributed by atoms with E-state index in [1.807, 2.05) is 62.4 Å². The molecule has 8 heteroatoms. The highest BCUT2D eigenvalue weighted by Crippen LogP contribution is 2.16. The SMILES string of the molecule is Cc1cc(NCCCCNc2cc(C)nc(-c3ccccn3)n2)nc(-c2ccccn2)n1. The molecule has 0 fully saturated rings. The molecule has 0 unspecified atom stereocenters. The van der Waals surface area contributed by atoms with Gasteiger partial charge in [0.1, 0.15) is 23.0 Å². The molecule has 0 radical (unpaired) electrons. The number of unbranched alkanes of at least 4 members (excludes halogenated alkanes) is 1. The summed E-state index contributed by atoms with van der Waals surface area (Å²) < 4.78 is 0. The van der Waals surface area contributed by atoms with Gasteiger partial charge in [0.2, 0.25) is 0 Å². The Bertz CT molecular complexity index is 1060. The van der Waals surface area contributed by atoms with Crippen molar-refractivity contribution in [2.75, 3.05) is 23.7 Å². The predicted molar refractivity (Wildman–Crippen MR) is 126 cm³/mol. The lowest BCUT2D eigenvalue weighted by molar-refractivity contribution is 0.790. The van der Waals surface area contributed by atoms with Crippen LogP contribution in [0.25, 0.3) is 23.0 Å². The Morgan fingerprint density at radius 2 is 1.09 bits per heavy atom. The molecule has 4 aromatic heterocycles. The number of nitrogens with one attached hydrogen (secondary N) is 2. The van der Waals surface area contributed by atoms with E-state index in [9.17, 15) is 0 Å². The van der Waals surface area contributed by atoms with Gasteiger partial charge in [-0.1, -0.05) is 12.1 Å². The molecule has 4 heterocycles. The van der Waals surface area contributed by atoms with Crippen LogP contribution in [0, 0.1) is 13.8 Å². The van der Waals surface area contributed by atoms with Crippen LogP contribution in [-0.4, -0.2) is 43.0 Å². The van der Waals surface area contributed by atoms with Crippen molar-refractivity contribution in [3.63, 3.8) is 0 Å². The topological polar surface area (TPSA) is 101 Å². The Hall–Kier alpha value is -3.94. The molecule has 0 spiro atoms. The van der Waals surface area contributed by atoms with Gasteiger partial charge >= 0.3 is 0 Å². The van der Waals surface area contributed by atoms with E-state index >= 15 is 0 Å². The minimum Gasteiger partial charge on any atom is -0.370 e. The summed E-state index contributed by atoms with van der Waals surface area (Å²) in [6, 6.07) is 15.4. The average molecular weight is 427 g/mol. The highest BCUT2D eigenvalue weighted by atomic mass is 15.0. The van der Waals surface area contributed by atoms with Gasteiger partial charge in [-0.3, -0.25) is 9.97 Å². The predicted octanol–water partition coefficient (Wildman–Crippen LogP) is 4.31. The number of nitrogens with zero attached hydrogens (tertiary/aromatic N) is 6. The molecule has 0 saturated heterocycles. The monoisotopic (exact) mass is 426 g/mol. The average Bonchev–Trinajstić information content (AvgIpc) is 2.82. The fraction of sp³-hybridized carbons (Fsp3) is 0.250. The summed E-state index contributed by atoms with van der Waals surface area (Å²) in [5, 5.41) is 6.79. The molecular weight excluding hydrogens is 400 g/mol. The largest absolute Gasteiger partial charge is 0.370 e. The van der Waals surface area contributed by atoms with Gasteiger partial charge in [0.15, 0.2) is 11.6 Å². The minimum atomic E-state index is 0.637. The second-order valence-corrected chi connectivity index (χ2v) is 7.43. The van der Waals surface area contributed by atoms with Gasteiger partial charge < -0.3 is 10.6 Å². The van der Waals surface area contributed by atoms with Crippen LogP contribution < -0.4 is 10.6 Å². The molecule has 0 aliphatic rings. The third-order valence-corrected chi connectivity index (χ3v) is 4.71. The molecule has 8 nitrogen and oxygen atoms in total. The number of aromatic nitrogens is 6. The van der Waals surface area contributed by atoms with Gasteiger partial charge in [-0.15, -0.1) is 0 Å². The summed E-state index contributed by atoms with van der Waals surface area (Å²) in [5.41, 5.74) is 3.36. The van der Waals surface area contributed by atoms with Gasteiger partial charge in [-0.2, -0.15) is 0 Å². The van der Waals surface area contributed by atoms with Crippen LogP contribution in [0.3, 0.4) is 0 Å². The highest BCUT2D eigenvalue weighted by molar-refractivity contribution is 5.53. The maximum atomic E-state index is 4.59. The molecule has 0 bridgehead atoms. The quantitative estimate of drug-likeness (QED) is 0.382. The molecule has 2 N–H and O–H groups in total. The van der Waals surface area contributed by atoms with Gasteiger partial charge in [0.25, 0.3) is 0 Å². The van der Waals surface area contributed by atoms with Crippen molar-refractivity contribution in [1.82, 2.24) is 29.9 Å². The van der Waals surface area contributed by atoms with Crippen molar-refractivity contribution in [2.45, 2.75) is 26.7 Å². The number of hydrogen-bond donors (Lipinski definition) is 2. The van der Waals surface area contributed by atoms with Crippen molar-refractivity contribution < 1.29 is 0 Å². The fourth-order valence-electron chi connectivity index (χ4n) is 3.22. The zero-order valence-electron chi connectivity index (χ0n) is 18.3. The van der Waals surface area contributed by atoms with E-state index in [2.05, 4.69) is 40.5 Å². The summed E-state index contributed by atoms with van der Waals surface area (Å²) in [6.45, 7) is 5.57. The summed E-state index contributed by atoms with van der Waals surface area (Å²) in [4.78, 5) is 26.8. The molecule has 162 valence electrons. The van der Waals surface area contributed by atoms with Crippen molar-refractivity contribution in [2.24, 2.45) is 0 Å². The third kappa shape index (κ3) is 5.81. The second kappa shape index (κ2) is 10.4. The van der Waals surface area contributed by atoms with E-state index in [4.69, 9.17) is 0 Å². The van der Waals surface area contributed by atoms with Crippen LogP contribution in [0.1, 0.15) is 24.2 Å². The van der Waals surface area contributed by atoms with Gasteiger partial charge in [0.05, 0.1) is 0 Å². The van der Waals surface area contributed by atoms with Crippen molar-refractivity contribution in [3.05, 3.63) is 72.3 Å². The lowest BCUT2D eigenvalue weighted by Gasteiger charge is -2.10. The Morgan fingerprint density at radius 1 is 0.625 bits per heavy atom. The Labute approximate surface area is 187 Å². The third-order valence-electron chi connectivity index (χ3n) is 4.71. The van der Waals surface area contributed by atoms with Crippen LogP contribution >= 0.6 is 0 Å². The number of aryl methyl sites for hydroxylation is 2. The van der Waals surface area contributed by atoms with Gasteiger partial charge in [-0.25, -0.2) is 19.9 Å². The molecule has 32 heavy (non-hydrogen) atoms. The van der Waals surface area contributed by atoms with E-state index in [-0.39, 0.29) is 0 Å². The molecule has 0 atom stereocenters. The van der Waals surface area contributed by atoms with Crippen LogP contribution in [0.15, 0.2) is 60.9 Å². The summed E-state index contributed by atoms with van der Waals surface area (Å²) in [5.74, 6) is 2.91. The maximum absolute atomic E-state index is 4.59. The number of hydrogen-bond acceptors (Lipinski definition) is 8. The molecule has 0 aliphatic heterocycles.